The molecule has 9 nitrogen and oxygen atoms in total. The van der Waals surface area contributed by atoms with Crippen LogP contribution in [0.25, 0.3) is 0 Å². The van der Waals surface area contributed by atoms with E-state index in [0.29, 0.717) is 49.7 Å². The van der Waals surface area contributed by atoms with Crippen molar-refractivity contribution in [3.63, 3.8) is 0 Å². The molecular formula is C24H29N3O6S. The van der Waals surface area contributed by atoms with Gasteiger partial charge >= 0.3 is 0 Å². The van der Waals surface area contributed by atoms with Crippen molar-refractivity contribution in [2.24, 2.45) is 0 Å². The van der Waals surface area contributed by atoms with Crippen molar-refractivity contribution in [1.82, 2.24) is 9.62 Å². The predicted octanol–water partition coefficient (Wildman–Crippen LogP) is 2.17. The van der Waals surface area contributed by atoms with Crippen LogP contribution in [0.5, 0.6) is 11.5 Å². The Balaban J connectivity index is 1.35. The number of hydrogen-bond acceptors (Lipinski definition) is 7. The predicted molar refractivity (Wildman–Crippen MR) is 126 cm³/mol. The minimum atomic E-state index is -3.60. The largest absolute Gasteiger partial charge is 0.497 e. The topological polar surface area (TPSA) is 105 Å². The number of carbonyl (C=O) groups excluding carboxylic acids is 2. The lowest BCUT2D eigenvalue weighted by molar-refractivity contribution is -0.121. The molecule has 0 spiro atoms. The molecule has 2 fully saturated rings. The maximum absolute atomic E-state index is 13.0. The number of sulfonamides is 1. The van der Waals surface area contributed by atoms with Gasteiger partial charge in [-0.05, 0) is 68.3 Å². The molecule has 4 rings (SSSR count). The van der Waals surface area contributed by atoms with E-state index in [-0.39, 0.29) is 29.2 Å². The van der Waals surface area contributed by atoms with Crippen molar-refractivity contribution >= 4 is 27.5 Å². The lowest BCUT2D eigenvalue weighted by atomic mass is 10.1. The summed E-state index contributed by atoms with van der Waals surface area (Å²) in [6, 6.07) is 12.5. The second-order valence-electron chi connectivity index (χ2n) is 8.27. The number of anilines is 1. The summed E-state index contributed by atoms with van der Waals surface area (Å²) >= 11 is 0. The van der Waals surface area contributed by atoms with Crippen LogP contribution in [0.4, 0.5) is 5.69 Å². The van der Waals surface area contributed by atoms with E-state index < -0.39 is 16.1 Å². The second-order valence-corrected chi connectivity index (χ2v) is 10.2. The van der Waals surface area contributed by atoms with Gasteiger partial charge < -0.3 is 14.8 Å². The zero-order valence-corrected chi connectivity index (χ0v) is 20.1. The van der Waals surface area contributed by atoms with E-state index in [1.54, 1.807) is 36.4 Å². The maximum atomic E-state index is 13.0. The SMILES string of the molecule is CCOc1ccc(N2C(=O)CC(NC3CCN(S(=O)(=O)c4ccc(OC)cc4)CC3)C2=O)cc1. The highest BCUT2D eigenvalue weighted by Crippen LogP contribution is 2.27. The van der Waals surface area contributed by atoms with E-state index in [0.717, 1.165) is 0 Å². The van der Waals surface area contributed by atoms with Gasteiger partial charge in [0.2, 0.25) is 15.9 Å². The standard InChI is InChI=1S/C24H29N3O6S/c1-3-33-20-6-4-18(5-7-20)27-23(28)16-22(24(27)29)25-17-12-14-26(15-13-17)34(30,31)21-10-8-19(32-2)9-11-21/h4-11,17,22,25H,3,12-16H2,1-2H3. The van der Waals surface area contributed by atoms with E-state index >= 15 is 0 Å². The molecule has 0 aliphatic carbocycles. The van der Waals surface area contributed by atoms with Gasteiger partial charge in [0.05, 0.1) is 36.8 Å². The third-order valence-electron chi connectivity index (χ3n) is 6.14. The summed E-state index contributed by atoms with van der Waals surface area (Å²) in [7, 11) is -2.07. The number of ether oxygens (including phenoxy) is 2. The molecule has 182 valence electrons. The quantitative estimate of drug-likeness (QED) is 0.569. The summed E-state index contributed by atoms with van der Waals surface area (Å²) in [5.41, 5.74) is 0.517. The van der Waals surface area contributed by atoms with Gasteiger partial charge in [-0.15, -0.1) is 0 Å². The summed E-state index contributed by atoms with van der Waals surface area (Å²) in [4.78, 5) is 27.0. The van der Waals surface area contributed by atoms with Crippen LogP contribution in [0.15, 0.2) is 53.4 Å². The van der Waals surface area contributed by atoms with Crippen molar-refractivity contribution in [3.05, 3.63) is 48.5 Å². The Hall–Kier alpha value is -2.95. The van der Waals surface area contributed by atoms with Crippen LogP contribution in [0.2, 0.25) is 0 Å². The first-order valence-electron chi connectivity index (χ1n) is 11.3. The summed E-state index contributed by atoms with van der Waals surface area (Å²) in [6.45, 7) is 3.09. The number of imide groups is 1. The molecule has 2 amide bonds. The molecule has 2 saturated heterocycles. The Morgan fingerprint density at radius 1 is 0.971 bits per heavy atom. The monoisotopic (exact) mass is 487 g/mol. The van der Waals surface area contributed by atoms with Crippen LogP contribution >= 0.6 is 0 Å². The molecule has 2 aliphatic heterocycles. The average molecular weight is 488 g/mol. The van der Waals surface area contributed by atoms with E-state index in [1.165, 1.54) is 28.4 Å². The van der Waals surface area contributed by atoms with Crippen LogP contribution in [-0.4, -0.2) is 63.4 Å². The van der Waals surface area contributed by atoms with Crippen molar-refractivity contribution < 1.29 is 27.5 Å². The molecule has 1 atom stereocenters. The van der Waals surface area contributed by atoms with E-state index in [1.807, 2.05) is 6.92 Å². The van der Waals surface area contributed by atoms with E-state index in [2.05, 4.69) is 5.32 Å². The lowest BCUT2D eigenvalue weighted by Gasteiger charge is -2.32. The highest BCUT2D eigenvalue weighted by atomic mass is 32.2. The average Bonchev–Trinajstić information content (AvgIpc) is 3.12. The van der Waals surface area contributed by atoms with Gasteiger partial charge in [-0.3, -0.25) is 9.59 Å². The number of nitrogens with zero attached hydrogens (tertiary/aromatic N) is 2. The molecule has 2 aliphatic rings. The fourth-order valence-electron chi connectivity index (χ4n) is 4.34. The van der Waals surface area contributed by atoms with Crippen LogP contribution in [-0.2, 0) is 19.6 Å². The number of piperidine rings is 1. The maximum Gasteiger partial charge on any atom is 0.251 e. The van der Waals surface area contributed by atoms with Gasteiger partial charge in [0.25, 0.3) is 5.91 Å². The molecule has 34 heavy (non-hydrogen) atoms. The molecule has 2 heterocycles. The van der Waals surface area contributed by atoms with Crippen molar-refractivity contribution in [2.45, 2.75) is 43.2 Å². The fourth-order valence-corrected chi connectivity index (χ4v) is 5.81. The van der Waals surface area contributed by atoms with Crippen LogP contribution < -0.4 is 19.7 Å². The third-order valence-corrected chi connectivity index (χ3v) is 8.05. The molecule has 2 aromatic carbocycles. The van der Waals surface area contributed by atoms with Crippen molar-refractivity contribution in [2.75, 3.05) is 31.7 Å². The molecule has 1 unspecified atom stereocenters. The summed E-state index contributed by atoms with van der Waals surface area (Å²) in [6.07, 6.45) is 1.18. The molecule has 1 N–H and O–H groups in total. The van der Waals surface area contributed by atoms with Gasteiger partial charge in [-0.2, -0.15) is 4.31 Å². The lowest BCUT2D eigenvalue weighted by Crippen LogP contribution is -2.49. The molecule has 0 bridgehead atoms. The Labute approximate surface area is 199 Å². The first-order chi connectivity index (χ1) is 16.3. The minimum absolute atomic E-state index is 0.0515. The van der Waals surface area contributed by atoms with E-state index in [4.69, 9.17) is 9.47 Å². The van der Waals surface area contributed by atoms with Gasteiger partial charge in [0.1, 0.15) is 11.5 Å². The summed E-state index contributed by atoms with van der Waals surface area (Å²) in [5, 5.41) is 3.28. The normalized spacial score (nSPS) is 20.1. The number of amides is 2. The molecule has 2 aromatic rings. The van der Waals surface area contributed by atoms with Gasteiger partial charge in [0.15, 0.2) is 0 Å². The Kier molecular flexibility index (Phi) is 7.20. The van der Waals surface area contributed by atoms with E-state index in [9.17, 15) is 18.0 Å². The fraction of sp³-hybridized carbons (Fsp3) is 0.417. The van der Waals surface area contributed by atoms with Crippen LogP contribution in [0.1, 0.15) is 26.2 Å². The summed E-state index contributed by atoms with van der Waals surface area (Å²) in [5.74, 6) is 0.724. The Morgan fingerprint density at radius 2 is 1.59 bits per heavy atom. The van der Waals surface area contributed by atoms with Crippen LogP contribution in [0.3, 0.4) is 0 Å². The first kappa shape index (κ1) is 24.2. The second kappa shape index (κ2) is 10.1. The first-order valence-corrected chi connectivity index (χ1v) is 12.8. The molecular weight excluding hydrogens is 458 g/mol. The van der Waals surface area contributed by atoms with Gasteiger partial charge in [0, 0.05) is 19.1 Å². The highest BCUT2D eigenvalue weighted by molar-refractivity contribution is 7.89. The van der Waals surface area contributed by atoms with Gasteiger partial charge in [-0.1, -0.05) is 0 Å². The number of methoxy groups -OCH3 is 1. The molecule has 0 aromatic heterocycles. The smallest absolute Gasteiger partial charge is 0.251 e. The third kappa shape index (κ3) is 4.94. The molecule has 0 saturated carbocycles. The number of hydrogen-bond donors (Lipinski definition) is 1. The van der Waals surface area contributed by atoms with Crippen molar-refractivity contribution in [3.8, 4) is 11.5 Å². The zero-order valence-electron chi connectivity index (χ0n) is 19.3. The van der Waals surface area contributed by atoms with Crippen molar-refractivity contribution in [1.29, 1.82) is 0 Å². The zero-order chi connectivity index (χ0) is 24.3. The molecule has 0 radical (unpaired) electrons. The number of rotatable bonds is 8. The Bertz CT molecular complexity index is 1130. The highest BCUT2D eigenvalue weighted by Gasteiger charge is 2.41. The van der Waals surface area contributed by atoms with Gasteiger partial charge in [-0.25, -0.2) is 13.3 Å². The molecule has 10 heteroatoms. The number of carbonyl (C=O) groups is 2. The number of nitrogens with one attached hydrogen (secondary N) is 1. The summed E-state index contributed by atoms with van der Waals surface area (Å²) < 4.78 is 37.9. The minimum Gasteiger partial charge on any atom is -0.497 e. The number of benzene rings is 2. The Morgan fingerprint density at radius 3 is 2.18 bits per heavy atom. The van der Waals surface area contributed by atoms with Crippen LogP contribution in [0, 0.1) is 0 Å².